The van der Waals surface area contributed by atoms with E-state index in [1.54, 1.807) is 18.4 Å². The number of aromatic nitrogens is 1. The van der Waals surface area contributed by atoms with Gasteiger partial charge in [-0.25, -0.2) is 4.98 Å². The number of rotatable bonds is 6. The van der Waals surface area contributed by atoms with Gasteiger partial charge in [0.15, 0.2) is 0 Å². The number of piperidine rings is 1. The molecule has 0 radical (unpaired) electrons. The van der Waals surface area contributed by atoms with E-state index in [0.717, 1.165) is 49.5 Å². The molecular weight excluding hydrogens is 274 g/mol. The van der Waals surface area contributed by atoms with Gasteiger partial charge in [0.05, 0.1) is 10.7 Å². The lowest BCUT2D eigenvalue weighted by Gasteiger charge is -2.34. The summed E-state index contributed by atoms with van der Waals surface area (Å²) in [6, 6.07) is 0. The van der Waals surface area contributed by atoms with E-state index in [1.165, 1.54) is 0 Å². The number of amides is 1. The van der Waals surface area contributed by atoms with Crippen molar-refractivity contribution in [2.24, 2.45) is 0 Å². The minimum absolute atomic E-state index is 0.00689. The molecule has 0 unspecified atom stereocenters. The first-order chi connectivity index (χ1) is 9.70. The molecule has 5 nitrogen and oxygen atoms in total. The van der Waals surface area contributed by atoms with E-state index >= 15 is 0 Å². The zero-order chi connectivity index (χ0) is 14.4. The summed E-state index contributed by atoms with van der Waals surface area (Å²) in [4.78, 5) is 16.8. The molecule has 0 spiro atoms. The van der Waals surface area contributed by atoms with Gasteiger partial charge in [-0.1, -0.05) is 6.92 Å². The predicted molar refractivity (Wildman–Crippen MR) is 80.0 cm³/mol. The Morgan fingerprint density at radius 3 is 2.90 bits per heavy atom. The summed E-state index contributed by atoms with van der Waals surface area (Å²) in [5.41, 5.74) is 0.408. The van der Waals surface area contributed by atoms with E-state index in [-0.39, 0.29) is 5.91 Å². The minimum Gasteiger partial charge on any atom is -0.368 e. The standard InChI is InChI=1S/C14H23N3O2S/c1-3-12-17-11(10-20-12)4-7-16-13(18)14(19-2)5-8-15-9-6-14/h10,15H,3-9H2,1-2H3,(H,16,18). The van der Waals surface area contributed by atoms with Crippen LogP contribution in [0.25, 0.3) is 0 Å². The maximum atomic E-state index is 12.3. The second kappa shape index (κ2) is 7.15. The Balaban J connectivity index is 1.81. The number of aryl methyl sites for hydroxylation is 1. The van der Waals surface area contributed by atoms with E-state index in [1.807, 2.05) is 0 Å². The number of methoxy groups -OCH3 is 1. The third-order valence-electron chi connectivity index (χ3n) is 3.78. The number of carbonyl (C=O) groups excluding carboxylic acids is 1. The Hall–Kier alpha value is -0.980. The summed E-state index contributed by atoms with van der Waals surface area (Å²) in [5.74, 6) is 0.00689. The molecule has 1 aromatic heterocycles. The van der Waals surface area contributed by atoms with Crippen molar-refractivity contribution in [1.29, 1.82) is 0 Å². The van der Waals surface area contributed by atoms with Crippen LogP contribution in [-0.4, -0.2) is 43.2 Å². The zero-order valence-corrected chi connectivity index (χ0v) is 13.0. The minimum atomic E-state index is -0.651. The molecule has 0 aromatic carbocycles. The first-order valence-corrected chi connectivity index (χ1v) is 8.05. The molecule has 1 saturated heterocycles. The molecule has 20 heavy (non-hydrogen) atoms. The third-order valence-corrected chi connectivity index (χ3v) is 4.83. The van der Waals surface area contributed by atoms with E-state index in [9.17, 15) is 4.79 Å². The molecule has 2 heterocycles. The topological polar surface area (TPSA) is 63.2 Å². The van der Waals surface area contributed by atoms with E-state index in [2.05, 4.69) is 27.9 Å². The Morgan fingerprint density at radius 1 is 1.55 bits per heavy atom. The van der Waals surface area contributed by atoms with E-state index < -0.39 is 5.60 Å². The molecule has 1 aliphatic heterocycles. The van der Waals surface area contributed by atoms with Gasteiger partial charge in [0.1, 0.15) is 5.60 Å². The summed E-state index contributed by atoms with van der Waals surface area (Å²) in [5, 5.41) is 9.47. The van der Waals surface area contributed by atoms with Crippen LogP contribution in [0.3, 0.4) is 0 Å². The van der Waals surface area contributed by atoms with E-state index in [4.69, 9.17) is 4.74 Å². The van der Waals surface area contributed by atoms with Crippen molar-refractivity contribution in [2.75, 3.05) is 26.7 Å². The molecule has 0 bridgehead atoms. The highest BCUT2D eigenvalue weighted by Gasteiger charge is 2.39. The predicted octanol–water partition coefficient (Wildman–Crippen LogP) is 1.13. The van der Waals surface area contributed by atoms with Gasteiger partial charge in [0.2, 0.25) is 0 Å². The molecular formula is C14H23N3O2S. The van der Waals surface area contributed by atoms with Crippen molar-refractivity contribution < 1.29 is 9.53 Å². The fraction of sp³-hybridized carbons (Fsp3) is 0.714. The molecule has 112 valence electrons. The molecule has 0 atom stereocenters. The largest absolute Gasteiger partial charge is 0.368 e. The smallest absolute Gasteiger partial charge is 0.252 e. The molecule has 0 aliphatic carbocycles. The molecule has 1 fully saturated rings. The van der Waals surface area contributed by atoms with Gasteiger partial charge in [-0.2, -0.15) is 0 Å². The third kappa shape index (κ3) is 3.56. The number of carbonyl (C=O) groups is 1. The summed E-state index contributed by atoms with van der Waals surface area (Å²) < 4.78 is 5.50. The fourth-order valence-electron chi connectivity index (χ4n) is 2.45. The van der Waals surface area contributed by atoms with E-state index in [0.29, 0.717) is 6.54 Å². The van der Waals surface area contributed by atoms with Gasteiger partial charge in [-0.3, -0.25) is 4.79 Å². The van der Waals surface area contributed by atoms with Crippen LogP contribution in [0.2, 0.25) is 0 Å². The van der Waals surface area contributed by atoms with Crippen LogP contribution in [0.1, 0.15) is 30.5 Å². The SMILES string of the molecule is CCc1nc(CCNC(=O)C2(OC)CCNCC2)cs1. The van der Waals surface area contributed by atoms with Gasteiger partial charge in [-0.15, -0.1) is 11.3 Å². The van der Waals surface area contributed by atoms with Crippen molar-refractivity contribution >= 4 is 17.2 Å². The summed E-state index contributed by atoms with van der Waals surface area (Å²) in [6.45, 7) is 4.37. The number of hydrogen-bond acceptors (Lipinski definition) is 5. The van der Waals surface area contributed by atoms with Crippen molar-refractivity contribution in [3.8, 4) is 0 Å². The fourth-order valence-corrected chi connectivity index (χ4v) is 3.23. The van der Waals surface area contributed by atoms with Crippen LogP contribution in [0, 0.1) is 0 Å². The van der Waals surface area contributed by atoms with Crippen LogP contribution in [0.4, 0.5) is 0 Å². The van der Waals surface area contributed by atoms with Gasteiger partial charge in [0, 0.05) is 25.5 Å². The molecule has 2 rings (SSSR count). The number of nitrogens with one attached hydrogen (secondary N) is 2. The lowest BCUT2D eigenvalue weighted by Crippen LogP contribution is -2.54. The number of thiazole rings is 1. The quantitative estimate of drug-likeness (QED) is 0.826. The summed E-state index contributed by atoms with van der Waals surface area (Å²) in [6.07, 6.45) is 3.20. The Kier molecular flexibility index (Phi) is 5.51. The van der Waals surface area contributed by atoms with Crippen LogP contribution in [-0.2, 0) is 22.4 Å². The van der Waals surface area contributed by atoms with Gasteiger partial charge in [0.25, 0.3) is 5.91 Å². The highest BCUT2D eigenvalue weighted by molar-refractivity contribution is 7.09. The maximum absolute atomic E-state index is 12.3. The Labute approximate surface area is 124 Å². The number of hydrogen-bond donors (Lipinski definition) is 2. The van der Waals surface area contributed by atoms with Gasteiger partial charge < -0.3 is 15.4 Å². The average molecular weight is 297 g/mol. The summed E-state index contributed by atoms with van der Waals surface area (Å²) in [7, 11) is 1.62. The molecule has 0 saturated carbocycles. The molecule has 1 amide bonds. The van der Waals surface area contributed by atoms with Crippen LogP contribution in [0.15, 0.2) is 5.38 Å². The average Bonchev–Trinajstić information content (AvgIpc) is 2.95. The Morgan fingerprint density at radius 2 is 2.30 bits per heavy atom. The first kappa shape index (κ1) is 15.4. The lowest BCUT2D eigenvalue weighted by atomic mass is 9.91. The highest BCUT2D eigenvalue weighted by atomic mass is 32.1. The monoisotopic (exact) mass is 297 g/mol. The number of ether oxygens (including phenoxy) is 1. The molecule has 1 aromatic rings. The molecule has 1 aliphatic rings. The van der Waals surface area contributed by atoms with Gasteiger partial charge >= 0.3 is 0 Å². The van der Waals surface area contributed by atoms with Gasteiger partial charge in [-0.05, 0) is 32.4 Å². The van der Waals surface area contributed by atoms with Crippen LogP contribution < -0.4 is 10.6 Å². The first-order valence-electron chi connectivity index (χ1n) is 7.17. The molecule has 6 heteroatoms. The second-order valence-electron chi connectivity index (χ2n) is 5.04. The number of nitrogens with zero attached hydrogens (tertiary/aromatic N) is 1. The van der Waals surface area contributed by atoms with Crippen LogP contribution in [0.5, 0.6) is 0 Å². The second-order valence-corrected chi connectivity index (χ2v) is 5.98. The van der Waals surface area contributed by atoms with Crippen molar-refractivity contribution in [1.82, 2.24) is 15.6 Å². The normalized spacial score (nSPS) is 17.9. The Bertz CT molecular complexity index is 441. The highest BCUT2D eigenvalue weighted by Crippen LogP contribution is 2.22. The van der Waals surface area contributed by atoms with Crippen molar-refractivity contribution in [2.45, 2.75) is 38.2 Å². The lowest BCUT2D eigenvalue weighted by molar-refractivity contribution is -0.146. The zero-order valence-electron chi connectivity index (χ0n) is 12.2. The van der Waals surface area contributed by atoms with Crippen molar-refractivity contribution in [3.05, 3.63) is 16.1 Å². The van der Waals surface area contributed by atoms with Crippen LogP contribution >= 0.6 is 11.3 Å². The molecule has 2 N–H and O–H groups in total. The maximum Gasteiger partial charge on any atom is 0.252 e. The summed E-state index contributed by atoms with van der Waals surface area (Å²) >= 11 is 1.68. The van der Waals surface area contributed by atoms with Crippen molar-refractivity contribution in [3.63, 3.8) is 0 Å².